The van der Waals surface area contributed by atoms with E-state index in [1.54, 1.807) is 19.1 Å². The molecule has 2 aromatic rings. The van der Waals surface area contributed by atoms with E-state index in [1.165, 1.54) is 17.8 Å². The Hall–Kier alpha value is -1.93. The maximum atomic E-state index is 13.7. The SMILES string of the molecule is Cc1nnc(SCC(=O)N2CCN(Cc3ccccc3F)CC2)o1. The van der Waals surface area contributed by atoms with Crippen LogP contribution in [0, 0.1) is 12.7 Å². The number of hydrogen-bond donors (Lipinski definition) is 0. The number of amides is 1. The number of hydrogen-bond acceptors (Lipinski definition) is 6. The van der Waals surface area contributed by atoms with Gasteiger partial charge in [0.25, 0.3) is 5.22 Å². The van der Waals surface area contributed by atoms with Crippen LogP contribution in [-0.2, 0) is 11.3 Å². The Morgan fingerprint density at radius 1 is 1.25 bits per heavy atom. The summed E-state index contributed by atoms with van der Waals surface area (Å²) in [4.78, 5) is 16.2. The van der Waals surface area contributed by atoms with Crippen LogP contribution in [0.1, 0.15) is 11.5 Å². The van der Waals surface area contributed by atoms with Gasteiger partial charge in [-0.25, -0.2) is 4.39 Å². The van der Waals surface area contributed by atoms with Crippen molar-refractivity contribution in [2.75, 3.05) is 31.9 Å². The van der Waals surface area contributed by atoms with Crippen molar-refractivity contribution >= 4 is 17.7 Å². The Morgan fingerprint density at radius 3 is 2.67 bits per heavy atom. The highest BCUT2D eigenvalue weighted by atomic mass is 32.2. The Morgan fingerprint density at radius 2 is 2.00 bits per heavy atom. The van der Waals surface area contributed by atoms with E-state index in [2.05, 4.69) is 15.1 Å². The molecule has 3 rings (SSSR count). The molecule has 1 aromatic carbocycles. The van der Waals surface area contributed by atoms with Gasteiger partial charge in [0.15, 0.2) is 0 Å². The van der Waals surface area contributed by atoms with Gasteiger partial charge in [-0.3, -0.25) is 9.69 Å². The van der Waals surface area contributed by atoms with E-state index >= 15 is 0 Å². The third-order valence-corrected chi connectivity index (χ3v) is 4.71. The van der Waals surface area contributed by atoms with Crippen molar-refractivity contribution in [3.05, 3.63) is 41.5 Å². The van der Waals surface area contributed by atoms with Crippen LogP contribution >= 0.6 is 11.8 Å². The molecule has 24 heavy (non-hydrogen) atoms. The molecule has 0 spiro atoms. The van der Waals surface area contributed by atoms with Gasteiger partial charge in [0.1, 0.15) is 5.82 Å². The second-order valence-electron chi connectivity index (χ2n) is 5.62. The molecule has 6 nitrogen and oxygen atoms in total. The summed E-state index contributed by atoms with van der Waals surface area (Å²) in [5.41, 5.74) is 0.694. The zero-order valence-corrected chi connectivity index (χ0v) is 14.3. The number of rotatable bonds is 5. The molecule has 0 radical (unpaired) electrons. The molecule has 0 unspecified atom stereocenters. The molecule has 0 aliphatic carbocycles. The minimum absolute atomic E-state index is 0.0568. The van der Waals surface area contributed by atoms with Gasteiger partial charge in [0, 0.05) is 45.2 Å². The molecule has 1 fully saturated rings. The first-order chi connectivity index (χ1) is 11.6. The fraction of sp³-hybridized carbons (Fsp3) is 0.438. The second kappa shape index (κ2) is 7.76. The van der Waals surface area contributed by atoms with Crippen molar-refractivity contribution in [3.63, 3.8) is 0 Å². The molecule has 0 bridgehead atoms. The summed E-state index contributed by atoms with van der Waals surface area (Å²) in [5.74, 6) is 0.657. The molecule has 1 aromatic heterocycles. The van der Waals surface area contributed by atoms with E-state index in [1.807, 2.05) is 11.0 Å². The molecule has 128 valence electrons. The van der Waals surface area contributed by atoms with Gasteiger partial charge in [0.2, 0.25) is 11.8 Å². The van der Waals surface area contributed by atoms with Gasteiger partial charge in [0.05, 0.1) is 5.75 Å². The number of nitrogens with zero attached hydrogens (tertiary/aromatic N) is 4. The van der Waals surface area contributed by atoms with Gasteiger partial charge in [-0.2, -0.15) is 0 Å². The van der Waals surface area contributed by atoms with Crippen molar-refractivity contribution < 1.29 is 13.6 Å². The molecular weight excluding hydrogens is 331 g/mol. The Labute approximate surface area is 144 Å². The van der Waals surface area contributed by atoms with E-state index in [0.29, 0.717) is 36.3 Å². The van der Waals surface area contributed by atoms with Crippen LogP contribution in [0.3, 0.4) is 0 Å². The third-order valence-electron chi connectivity index (χ3n) is 3.90. The van der Waals surface area contributed by atoms with E-state index in [9.17, 15) is 9.18 Å². The average molecular weight is 350 g/mol. The number of carbonyl (C=O) groups is 1. The largest absolute Gasteiger partial charge is 0.416 e. The Balaban J connectivity index is 1.44. The van der Waals surface area contributed by atoms with Crippen LogP contribution in [-0.4, -0.2) is 57.8 Å². The molecule has 0 atom stereocenters. The number of aryl methyl sites for hydroxylation is 1. The van der Waals surface area contributed by atoms with Crippen molar-refractivity contribution in [2.45, 2.75) is 18.7 Å². The minimum atomic E-state index is -0.178. The lowest BCUT2D eigenvalue weighted by Gasteiger charge is -2.34. The second-order valence-corrected chi connectivity index (χ2v) is 6.55. The van der Waals surface area contributed by atoms with Crippen LogP contribution in [0.2, 0.25) is 0 Å². The lowest BCUT2D eigenvalue weighted by Crippen LogP contribution is -2.48. The summed E-state index contributed by atoms with van der Waals surface area (Å²) in [6.45, 7) is 5.07. The first-order valence-electron chi connectivity index (χ1n) is 7.78. The standard InChI is InChI=1S/C16H19FN4O2S/c1-12-18-19-16(23-12)24-11-15(22)21-8-6-20(7-9-21)10-13-4-2-3-5-14(13)17/h2-5H,6-11H2,1H3. The molecule has 0 N–H and O–H groups in total. The summed E-state index contributed by atoms with van der Waals surface area (Å²) in [6, 6.07) is 6.81. The van der Waals surface area contributed by atoms with E-state index in [0.717, 1.165) is 13.1 Å². The Bertz CT molecular complexity index is 701. The highest BCUT2D eigenvalue weighted by Gasteiger charge is 2.22. The first-order valence-corrected chi connectivity index (χ1v) is 8.77. The lowest BCUT2D eigenvalue weighted by molar-refractivity contribution is -0.130. The maximum Gasteiger partial charge on any atom is 0.277 e. The quantitative estimate of drug-likeness (QED) is 0.768. The molecule has 0 saturated carbocycles. The third kappa shape index (κ3) is 4.33. The van der Waals surface area contributed by atoms with Crippen molar-refractivity contribution in [1.82, 2.24) is 20.0 Å². The summed E-state index contributed by atoms with van der Waals surface area (Å²) in [7, 11) is 0. The fourth-order valence-corrected chi connectivity index (χ4v) is 3.28. The predicted molar refractivity (Wildman–Crippen MR) is 88.0 cm³/mol. The number of halogens is 1. The monoisotopic (exact) mass is 350 g/mol. The van der Waals surface area contributed by atoms with Crippen LogP contribution in [0.15, 0.2) is 33.9 Å². The molecule has 1 saturated heterocycles. The molecule has 8 heteroatoms. The summed E-state index contributed by atoms with van der Waals surface area (Å²) in [5, 5.41) is 8.01. The summed E-state index contributed by atoms with van der Waals surface area (Å²) < 4.78 is 18.9. The van der Waals surface area contributed by atoms with Crippen molar-refractivity contribution in [1.29, 1.82) is 0 Å². The average Bonchev–Trinajstić information content (AvgIpc) is 3.01. The Kier molecular flexibility index (Phi) is 5.47. The van der Waals surface area contributed by atoms with Crippen LogP contribution in [0.4, 0.5) is 4.39 Å². The summed E-state index contributed by atoms with van der Waals surface area (Å²) in [6.07, 6.45) is 0. The van der Waals surface area contributed by atoms with Gasteiger partial charge < -0.3 is 9.32 Å². The first kappa shape index (κ1) is 16.9. The van der Waals surface area contributed by atoms with E-state index in [4.69, 9.17) is 4.42 Å². The number of piperazine rings is 1. The van der Waals surface area contributed by atoms with Crippen LogP contribution < -0.4 is 0 Å². The zero-order chi connectivity index (χ0) is 16.9. The van der Waals surface area contributed by atoms with Gasteiger partial charge in [-0.1, -0.05) is 30.0 Å². The predicted octanol–water partition coefficient (Wildman–Crippen LogP) is 1.95. The van der Waals surface area contributed by atoms with Crippen molar-refractivity contribution in [3.8, 4) is 0 Å². The molecule has 1 aliphatic heterocycles. The number of carbonyl (C=O) groups excluding carboxylic acids is 1. The fourth-order valence-electron chi connectivity index (χ4n) is 2.57. The molecular formula is C16H19FN4O2S. The molecule has 1 amide bonds. The van der Waals surface area contributed by atoms with Gasteiger partial charge >= 0.3 is 0 Å². The van der Waals surface area contributed by atoms with Crippen molar-refractivity contribution in [2.24, 2.45) is 0 Å². The highest BCUT2D eigenvalue weighted by Crippen LogP contribution is 2.17. The minimum Gasteiger partial charge on any atom is -0.416 e. The van der Waals surface area contributed by atoms with Gasteiger partial charge in [-0.15, -0.1) is 10.2 Å². The van der Waals surface area contributed by atoms with Gasteiger partial charge in [-0.05, 0) is 6.07 Å². The zero-order valence-electron chi connectivity index (χ0n) is 13.4. The summed E-state index contributed by atoms with van der Waals surface area (Å²) >= 11 is 1.25. The van der Waals surface area contributed by atoms with E-state index in [-0.39, 0.29) is 17.5 Å². The maximum absolute atomic E-state index is 13.7. The smallest absolute Gasteiger partial charge is 0.277 e. The highest BCUT2D eigenvalue weighted by molar-refractivity contribution is 7.99. The molecule has 1 aliphatic rings. The number of benzene rings is 1. The number of thioether (sulfide) groups is 1. The van der Waals surface area contributed by atoms with Crippen LogP contribution in [0.25, 0.3) is 0 Å². The van der Waals surface area contributed by atoms with Crippen LogP contribution in [0.5, 0.6) is 0 Å². The number of aromatic nitrogens is 2. The molecule has 2 heterocycles. The van der Waals surface area contributed by atoms with E-state index < -0.39 is 0 Å². The topological polar surface area (TPSA) is 62.5 Å². The lowest BCUT2D eigenvalue weighted by atomic mass is 10.2. The normalized spacial score (nSPS) is 15.7.